The van der Waals surface area contributed by atoms with Crippen molar-refractivity contribution in [3.05, 3.63) is 53.0 Å². The Kier molecular flexibility index (Phi) is 6.49. The monoisotopic (exact) mass is 474 g/mol. The van der Waals surface area contributed by atoms with E-state index in [1.54, 1.807) is 13.8 Å². The number of nitrogens with zero attached hydrogens (tertiary/aromatic N) is 2. The molecule has 0 spiro atoms. The van der Waals surface area contributed by atoms with Crippen LogP contribution in [0.1, 0.15) is 37.1 Å². The summed E-state index contributed by atoms with van der Waals surface area (Å²) in [7, 11) is 1.39. The largest absolute Gasteiger partial charge is 0.495 e. The number of anilines is 2. The quantitative estimate of drug-likeness (QED) is 0.370. The van der Waals surface area contributed by atoms with Crippen molar-refractivity contribution in [1.82, 2.24) is 15.0 Å². The third-order valence-electron chi connectivity index (χ3n) is 5.81. The van der Waals surface area contributed by atoms with Gasteiger partial charge in [0.1, 0.15) is 23.5 Å². The first-order valence-corrected chi connectivity index (χ1v) is 10.9. The summed E-state index contributed by atoms with van der Waals surface area (Å²) in [4.78, 5) is 24.0. The zero-order valence-electron chi connectivity index (χ0n) is 19.0. The minimum Gasteiger partial charge on any atom is -0.495 e. The van der Waals surface area contributed by atoms with Crippen LogP contribution in [-0.2, 0) is 28.5 Å². The summed E-state index contributed by atoms with van der Waals surface area (Å²) in [5.41, 5.74) is 2.98. The zero-order chi connectivity index (χ0) is 24.5. The van der Waals surface area contributed by atoms with Crippen molar-refractivity contribution in [3.63, 3.8) is 0 Å². The smallest absolute Gasteiger partial charge is 0.416 e. The van der Waals surface area contributed by atoms with E-state index in [-0.39, 0.29) is 23.3 Å². The van der Waals surface area contributed by atoms with Crippen LogP contribution in [0.2, 0.25) is 0 Å². The van der Waals surface area contributed by atoms with Gasteiger partial charge in [0, 0.05) is 5.69 Å². The molecule has 7 nitrogen and oxygen atoms in total. The highest BCUT2D eigenvalue weighted by molar-refractivity contribution is 5.94. The second-order valence-corrected chi connectivity index (χ2v) is 8.11. The fraction of sp³-hybridized carbons (Fsp3) is 0.375. The van der Waals surface area contributed by atoms with E-state index in [0.717, 1.165) is 41.8 Å². The molecule has 0 radical (unpaired) electrons. The Labute approximate surface area is 194 Å². The number of ether oxygens (including phenoxy) is 2. The van der Waals surface area contributed by atoms with Gasteiger partial charge in [-0.3, -0.25) is 4.79 Å². The van der Waals surface area contributed by atoms with Crippen LogP contribution in [0, 0.1) is 5.92 Å². The van der Waals surface area contributed by atoms with Crippen LogP contribution in [0.15, 0.2) is 36.2 Å². The Morgan fingerprint density at radius 2 is 2.09 bits per heavy atom. The molecule has 0 fully saturated rings. The Morgan fingerprint density at radius 1 is 1.29 bits per heavy atom. The normalized spacial score (nSPS) is 15.8. The number of aromatic nitrogens is 3. The van der Waals surface area contributed by atoms with Gasteiger partial charge in [0.15, 0.2) is 0 Å². The van der Waals surface area contributed by atoms with Crippen LogP contribution >= 0.6 is 0 Å². The van der Waals surface area contributed by atoms with Crippen LogP contribution in [0.5, 0.6) is 5.75 Å². The van der Waals surface area contributed by atoms with Crippen molar-refractivity contribution in [1.29, 1.82) is 0 Å². The summed E-state index contributed by atoms with van der Waals surface area (Å²) >= 11 is 0. The second-order valence-electron chi connectivity index (χ2n) is 8.11. The van der Waals surface area contributed by atoms with Crippen LogP contribution in [-0.4, -0.2) is 34.6 Å². The highest BCUT2D eigenvalue weighted by atomic mass is 19.4. The topological polar surface area (TPSA) is 89.1 Å². The fourth-order valence-electron chi connectivity index (χ4n) is 4.19. The van der Waals surface area contributed by atoms with Crippen molar-refractivity contribution in [2.45, 2.75) is 39.3 Å². The number of methoxy groups -OCH3 is 1. The van der Waals surface area contributed by atoms with Gasteiger partial charge >= 0.3 is 12.1 Å². The maximum absolute atomic E-state index is 13.3. The summed E-state index contributed by atoms with van der Waals surface area (Å²) in [5, 5.41) is 3.72. The molecule has 180 valence electrons. The fourth-order valence-corrected chi connectivity index (χ4v) is 4.19. The number of hydrogen-bond donors (Lipinski definition) is 2. The third kappa shape index (κ3) is 4.71. The van der Waals surface area contributed by atoms with E-state index >= 15 is 0 Å². The minimum atomic E-state index is -4.49. The van der Waals surface area contributed by atoms with Gasteiger partial charge < -0.3 is 19.8 Å². The van der Waals surface area contributed by atoms with Crippen molar-refractivity contribution >= 4 is 28.5 Å². The van der Waals surface area contributed by atoms with Crippen LogP contribution in [0.4, 0.5) is 24.7 Å². The van der Waals surface area contributed by atoms with E-state index in [1.807, 2.05) is 6.08 Å². The van der Waals surface area contributed by atoms with Gasteiger partial charge in [0.25, 0.3) is 0 Å². The molecule has 1 aliphatic rings. The van der Waals surface area contributed by atoms with Gasteiger partial charge in [-0.15, -0.1) is 0 Å². The van der Waals surface area contributed by atoms with Crippen molar-refractivity contribution < 1.29 is 27.4 Å². The summed E-state index contributed by atoms with van der Waals surface area (Å²) in [5.74, 6) is -0.0141. The number of aromatic amines is 1. The van der Waals surface area contributed by atoms with Crippen molar-refractivity contribution in [3.8, 4) is 5.75 Å². The lowest BCUT2D eigenvalue weighted by Crippen LogP contribution is -2.14. The van der Waals surface area contributed by atoms with Gasteiger partial charge in [0.05, 0.1) is 36.3 Å². The summed E-state index contributed by atoms with van der Waals surface area (Å²) < 4.78 is 50.2. The molecule has 3 aromatic rings. The number of rotatable bonds is 6. The van der Waals surface area contributed by atoms with Gasteiger partial charge in [-0.1, -0.05) is 11.6 Å². The van der Waals surface area contributed by atoms with Crippen molar-refractivity contribution in [2.75, 3.05) is 19.0 Å². The number of benzene rings is 1. The summed E-state index contributed by atoms with van der Waals surface area (Å²) in [6.07, 6.45) is 0.854. The Bertz CT molecular complexity index is 1250. The Morgan fingerprint density at radius 3 is 2.79 bits per heavy atom. The summed E-state index contributed by atoms with van der Waals surface area (Å²) in [6.45, 7) is 3.89. The number of H-pyrrole nitrogens is 1. The molecule has 1 aromatic carbocycles. The SMILES string of the molecule is CCOC(=O)[C@@H](C)/C=C1\CCc2[nH]c3ncnc(Nc4cc(C(F)(F)F)ccc4OC)c3c2C1. The van der Waals surface area contributed by atoms with E-state index in [9.17, 15) is 18.0 Å². The number of carbonyl (C=O) groups excluding carboxylic acids is 1. The first-order chi connectivity index (χ1) is 16.2. The van der Waals surface area contributed by atoms with E-state index in [2.05, 4.69) is 20.3 Å². The number of halogens is 3. The first kappa shape index (κ1) is 23.6. The molecule has 2 N–H and O–H groups in total. The third-order valence-corrected chi connectivity index (χ3v) is 5.81. The first-order valence-electron chi connectivity index (χ1n) is 10.9. The second kappa shape index (κ2) is 9.36. The lowest BCUT2D eigenvalue weighted by Gasteiger charge is -2.18. The molecule has 2 aromatic heterocycles. The molecule has 2 heterocycles. The highest BCUT2D eigenvalue weighted by Crippen LogP contribution is 2.39. The molecule has 1 atom stereocenters. The molecule has 0 bridgehead atoms. The van der Waals surface area contributed by atoms with E-state index in [0.29, 0.717) is 29.9 Å². The molecular weight excluding hydrogens is 449 g/mol. The number of aryl methyl sites for hydroxylation is 1. The van der Waals surface area contributed by atoms with Gasteiger partial charge in [-0.2, -0.15) is 13.2 Å². The van der Waals surface area contributed by atoms with Gasteiger partial charge in [0.2, 0.25) is 0 Å². The standard InChI is InChI=1S/C24H25F3N4O3/c1-4-34-23(32)13(2)9-14-5-7-17-16(10-14)20-21(30-17)28-12-29-22(20)31-18-11-15(24(25,26)27)6-8-19(18)33-3/h6,8-9,11-13H,4-5,7,10H2,1-3H3,(H2,28,29,30,31)/b14-9+/t13-/m0/s1. The maximum atomic E-state index is 13.3. The molecule has 0 saturated carbocycles. The summed E-state index contributed by atoms with van der Waals surface area (Å²) in [6, 6.07) is 3.24. The molecule has 0 unspecified atom stereocenters. The number of alkyl halides is 3. The van der Waals surface area contributed by atoms with Gasteiger partial charge in [-0.25, -0.2) is 9.97 Å². The average molecular weight is 474 g/mol. The molecule has 0 saturated heterocycles. The maximum Gasteiger partial charge on any atom is 0.416 e. The number of carbonyl (C=O) groups is 1. The van der Waals surface area contributed by atoms with Gasteiger partial charge in [-0.05, 0) is 56.9 Å². The lowest BCUT2D eigenvalue weighted by molar-refractivity contribution is -0.145. The van der Waals surface area contributed by atoms with Crippen LogP contribution in [0.25, 0.3) is 11.0 Å². The number of fused-ring (bicyclic) bond motifs is 3. The number of nitrogens with one attached hydrogen (secondary N) is 2. The number of esters is 1. The number of hydrogen-bond acceptors (Lipinski definition) is 6. The molecule has 10 heteroatoms. The Hall–Kier alpha value is -3.56. The zero-order valence-corrected chi connectivity index (χ0v) is 19.0. The Balaban J connectivity index is 1.71. The molecule has 0 aliphatic heterocycles. The molecular formula is C24H25F3N4O3. The number of allylic oxidation sites excluding steroid dienone is 1. The molecule has 34 heavy (non-hydrogen) atoms. The van der Waals surface area contributed by atoms with Crippen molar-refractivity contribution in [2.24, 2.45) is 5.92 Å². The molecule has 4 rings (SSSR count). The van der Waals surface area contributed by atoms with E-state index < -0.39 is 11.7 Å². The minimum absolute atomic E-state index is 0.148. The highest BCUT2D eigenvalue weighted by Gasteiger charge is 2.31. The lowest BCUT2D eigenvalue weighted by atomic mass is 9.89. The molecule has 0 amide bonds. The predicted octanol–water partition coefficient (Wildman–Crippen LogP) is 5.34. The van der Waals surface area contributed by atoms with Crippen LogP contribution < -0.4 is 10.1 Å². The van der Waals surface area contributed by atoms with E-state index in [4.69, 9.17) is 9.47 Å². The van der Waals surface area contributed by atoms with Crippen LogP contribution in [0.3, 0.4) is 0 Å². The average Bonchev–Trinajstić information content (AvgIpc) is 3.17. The van der Waals surface area contributed by atoms with E-state index in [1.165, 1.54) is 19.5 Å². The molecule has 1 aliphatic carbocycles. The predicted molar refractivity (Wildman–Crippen MR) is 121 cm³/mol.